The van der Waals surface area contributed by atoms with Gasteiger partial charge >= 0.3 is 0 Å². The lowest BCUT2D eigenvalue weighted by Gasteiger charge is -2.08. The van der Waals surface area contributed by atoms with Crippen LogP contribution in [0.15, 0.2) is 16.6 Å². The van der Waals surface area contributed by atoms with Crippen molar-refractivity contribution < 1.29 is 14.3 Å². The van der Waals surface area contributed by atoms with Crippen molar-refractivity contribution in [1.29, 1.82) is 0 Å². The van der Waals surface area contributed by atoms with E-state index in [4.69, 9.17) is 9.47 Å². The molecule has 2 N–H and O–H groups in total. The molecule has 0 aromatic heterocycles. The number of fused-ring (bicyclic) bond motifs is 1. The molecule has 6 heteroatoms. The van der Waals surface area contributed by atoms with Crippen LogP contribution in [0.25, 0.3) is 0 Å². The van der Waals surface area contributed by atoms with Crippen LogP contribution in [0.2, 0.25) is 0 Å². The van der Waals surface area contributed by atoms with Gasteiger partial charge in [0.25, 0.3) is 0 Å². The number of carbonyl (C=O) groups is 1. The molecule has 1 fully saturated rings. The SMILES string of the molecule is O=C(CCNCc1cc2c(cc1Br)OCO2)NC1CC1. The molecule has 1 aliphatic carbocycles. The van der Waals surface area contributed by atoms with Gasteiger partial charge in [-0.2, -0.15) is 0 Å². The number of carbonyl (C=O) groups excluding carboxylic acids is 1. The van der Waals surface area contributed by atoms with E-state index in [1.807, 2.05) is 12.1 Å². The molecular formula is C14H17BrN2O3. The zero-order valence-electron chi connectivity index (χ0n) is 11.1. The Hall–Kier alpha value is -1.27. The number of nitrogens with one attached hydrogen (secondary N) is 2. The molecule has 5 nitrogen and oxygen atoms in total. The maximum atomic E-state index is 11.5. The third-order valence-electron chi connectivity index (χ3n) is 3.33. The molecule has 1 heterocycles. The Morgan fingerprint density at radius 3 is 2.80 bits per heavy atom. The van der Waals surface area contributed by atoms with Gasteiger partial charge < -0.3 is 20.1 Å². The number of amides is 1. The molecule has 1 aliphatic heterocycles. The zero-order chi connectivity index (χ0) is 13.9. The predicted molar refractivity (Wildman–Crippen MR) is 77.8 cm³/mol. The predicted octanol–water partition coefficient (Wildman–Crippen LogP) is 1.94. The minimum absolute atomic E-state index is 0.129. The Balaban J connectivity index is 1.45. The number of hydrogen-bond donors (Lipinski definition) is 2. The van der Waals surface area contributed by atoms with Gasteiger partial charge in [0.15, 0.2) is 11.5 Å². The number of ether oxygens (including phenoxy) is 2. The molecule has 0 atom stereocenters. The number of hydrogen-bond acceptors (Lipinski definition) is 4. The second-order valence-electron chi connectivity index (χ2n) is 5.07. The van der Waals surface area contributed by atoms with Gasteiger partial charge in [0.2, 0.25) is 12.7 Å². The summed E-state index contributed by atoms with van der Waals surface area (Å²) in [7, 11) is 0. The highest BCUT2D eigenvalue weighted by atomic mass is 79.9. The normalized spacial score (nSPS) is 16.2. The van der Waals surface area contributed by atoms with Gasteiger partial charge in [0.05, 0.1) is 0 Å². The minimum atomic E-state index is 0.129. The molecule has 1 amide bonds. The molecule has 0 radical (unpaired) electrons. The van der Waals surface area contributed by atoms with Gasteiger partial charge in [-0.3, -0.25) is 4.79 Å². The fraction of sp³-hybridized carbons (Fsp3) is 0.500. The van der Waals surface area contributed by atoms with E-state index >= 15 is 0 Å². The highest BCUT2D eigenvalue weighted by Gasteiger charge is 2.22. The molecule has 1 saturated carbocycles. The third kappa shape index (κ3) is 3.43. The van der Waals surface area contributed by atoms with E-state index in [1.165, 1.54) is 0 Å². The first-order valence-corrected chi connectivity index (χ1v) is 7.60. The summed E-state index contributed by atoms with van der Waals surface area (Å²) in [6, 6.07) is 4.31. The molecule has 3 rings (SSSR count). The Morgan fingerprint density at radius 2 is 2.05 bits per heavy atom. The van der Waals surface area contributed by atoms with Crippen LogP contribution in [0.1, 0.15) is 24.8 Å². The fourth-order valence-electron chi connectivity index (χ4n) is 2.05. The molecule has 108 valence electrons. The van der Waals surface area contributed by atoms with Gasteiger partial charge in [-0.15, -0.1) is 0 Å². The Labute approximate surface area is 126 Å². The van der Waals surface area contributed by atoms with Crippen molar-refractivity contribution in [2.45, 2.75) is 31.8 Å². The fourth-order valence-corrected chi connectivity index (χ4v) is 2.51. The Morgan fingerprint density at radius 1 is 1.30 bits per heavy atom. The summed E-state index contributed by atoms with van der Waals surface area (Å²) in [6.45, 7) is 1.63. The van der Waals surface area contributed by atoms with Crippen LogP contribution in [0, 0.1) is 0 Å². The molecule has 1 aromatic rings. The minimum Gasteiger partial charge on any atom is -0.454 e. The van der Waals surface area contributed by atoms with Crippen molar-refractivity contribution in [2.75, 3.05) is 13.3 Å². The van der Waals surface area contributed by atoms with Crippen LogP contribution >= 0.6 is 15.9 Å². The second-order valence-corrected chi connectivity index (χ2v) is 5.92. The lowest BCUT2D eigenvalue weighted by Crippen LogP contribution is -2.29. The van der Waals surface area contributed by atoms with Crippen molar-refractivity contribution in [3.05, 3.63) is 22.2 Å². The molecule has 1 aromatic carbocycles. The Bertz CT molecular complexity index is 517. The molecule has 0 spiro atoms. The van der Waals surface area contributed by atoms with Crippen molar-refractivity contribution in [3.8, 4) is 11.5 Å². The van der Waals surface area contributed by atoms with E-state index in [0.29, 0.717) is 25.6 Å². The quantitative estimate of drug-likeness (QED) is 0.777. The van der Waals surface area contributed by atoms with Crippen molar-refractivity contribution in [3.63, 3.8) is 0 Å². The Kier molecular flexibility index (Phi) is 4.12. The largest absolute Gasteiger partial charge is 0.454 e. The summed E-state index contributed by atoms with van der Waals surface area (Å²) >= 11 is 3.52. The van der Waals surface area contributed by atoms with Crippen LogP contribution in [0.3, 0.4) is 0 Å². The topological polar surface area (TPSA) is 59.6 Å². The summed E-state index contributed by atoms with van der Waals surface area (Å²) in [5.74, 6) is 1.67. The first-order chi connectivity index (χ1) is 9.72. The summed E-state index contributed by atoms with van der Waals surface area (Å²) in [4.78, 5) is 11.5. The maximum absolute atomic E-state index is 11.5. The van der Waals surface area contributed by atoms with E-state index < -0.39 is 0 Å². The van der Waals surface area contributed by atoms with E-state index in [-0.39, 0.29) is 12.7 Å². The third-order valence-corrected chi connectivity index (χ3v) is 4.07. The van der Waals surface area contributed by atoms with E-state index in [2.05, 4.69) is 26.6 Å². The van der Waals surface area contributed by atoms with Gasteiger partial charge in [-0.1, -0.05) is 15.9 Å². The molecule has 0 unspecified atom stereocenters. The van der Waals surface area contributed by atoms with Crippen LogP contribution in [0.5, 0.6) is 11.5 Å². The van der Waals surface area contributed by atoms with Crippen LogP contribution in [-0.4, -0.2) is 25.3 Å². The maximum Gasteiger partial charge on any atom is 0.231 e. The average molecular weight is 341 g/mol. The summed E-state index contributed by atoms with van der Waals surface area (Å²) in [6.07, 6.45) is 2.77. The average Bonchev–Trinajstić information content (AvgIpc) is 3.11. The molecule has 0 bridgehead atoms. The van der Waals surface area contributed by atoms with E-state index in [9.17, 15) is 4.79 Å². The standard InChI is InChI=1S/C14H17BrN2O3/c15-11-6-13-12(19-8-20-13)5-9(11)7-16-4-3-14(18)17-10-1-2-10/h5-6,10,16H,1-4,7-8H2,(H,17,18). The lowest BCUT2D eigenvalue weighted by molar-refractivity contribution is -0.121. The lowest BCUT2D eigenvalue weighted by atomic mass is 10.2. The first kappa shape index (κ1) is 13.7. The van der Waals surface area contributed by atoms with E-state index in [1.54, 1.807) is 0 Å². The molecular weight excluding hydrogens is 324 g/mol. The first-order valence-electron chi connectivity index (χ1n) is 6.80. The highest BCUT2D eigenvalue weighted by Crippen LogP contribution is 2.36. The molecule has 20 heavy (non-hydrogen) atoms. The number of rotatable bonds is 6. The summed E-state index contributed by atoms with van der Waals surface area (Å²) in [5.41, 5.74) is 1.09. The zero-order valence-corrected chi connectivity index (χ0v) is 12.7. The van der Waals surface area contributed by atoms with Crippen molar-refractivity contribution in [2.24, 2.45) is 0 Å². The second kappa shape index (κ2) is 6.01. The monoisotopic (exact) mass is 340 g/mol. The van der Waals surface area contributed by atoms with E-state index in [0.717, 1.165) is 34.4 Å². The van der Waals surface area contributed by atoms with Crippen LogP contribution in [-0.2, 0) is 11.3 Å². The van der Waals surface area contributed by atoms with Gasteiger partial charge in [0.1, 0.15) is 0 Å². The smallest absolute Gasteiger partial charge is 0.231 e. The number of halogens is 1. The van der Waals surface area contributed by atoms with Crippen LogP contribution < -0.4 is 20.1 Å². The van der Waals surface area contributed by atoms with Gasteiger partial charge in [-0.25, -0.2) is 0 Å². The molecule has 0 saturated heterocycles. The van der Waals surface area contributed by atoms with Crippen molar-refractivity contribution >= 4 is 21.8 Å². The van der Waals surface area contributed by atoms with Gasteiger partial charge in [0, 0.05) is 30.0 Å². The summed E-state index contributed by atoms with van der Waals surface area (Å²) < 4.78 is 11.6. The highest BCUT2D eigenvalue weighted by molar-refractivity contribution is 9.10. The summed E-state index contributed by atoms with van der Waals surface area (Å²) in [5, 5.41) is 6.24. The molecule has 2 aliphatic rings. The van der Waals surface area contributed by atoms with Crippen molar-refractivity contribution in [1.82, 2.24) is 10.6 Å². The number of benzene rings is 1. The van der Waals surface area contributed by atoms with Crippen LogP contribution in [0.4, 0.5) is 0 Å². The van der Waals surface area contributed by atoms with Gasteiger partial charge in [-0.05, 0) is 30.5 Å².